The van der Waals surface area contributed by atoms with Crippen molar-refractivity contribution in [3.63, 3.8) is 0 Å². The molecule has 1 aliphatic carbocycles. The molecule has 1 saturated carbocycles. The third kappa shape index (κ3) is 1.87. The maximum Gasteiger partial charge on any atom is 0.225 e. The topological polar surface area (TPSA) is 52.0 Å². The molecule has 88 valence electrons. The van der Waals surface area contributed by atoms with Gasteiger partial charge in [-0.1, -0.05) is 25.0 Å². The first kappa shape index (κ1) is 10.5. The lowest BCUT2D eigenvalue weighted by Crippen LogP contribution is -2.32. The Hall–Kier alpha value is -1.61. The lowest BCUT2D eigenvalue weighted by molar-refractivity contribution is 0.461. The number of oxazole rings is 1. The van der Waals surface area contributed by atoms with E-state index in [2.05, 4.69) is 17.1 Å². The predicted molar refractivity (Wildman–Crippen MR) is 66.3 cm³/mol. The van der Waals surface area contributed by atoms with Gasteiger partial charge in [0, 0.05) is 11.1 Å². The zero-order valence-electron chi connectivity index (χ0n) is 9.73. The van der Waals surface area contributed by atoms with Crippen LogP contribution in [0.4, 0.5) is 0 Å². The molecule has 1 aromatic carbocycles. The molecule has 0 bridgehead atoms. The molecule has 3 heteroatoms. The van der Waals surface area contributed by atoms with Gasteiger partial charge in [-0.2, -0.15) is 0 Å². The van der Waals surface area contributed by atoms with Crippen molar-refractivity contribution in [3.8, 4) is 11.5 Å². The monoisotopic (exact) mass is 228 g/mol. The van der Waals surface area contributed by atoms with Gasteiger partial charge in [0.1, 0.15) is 6.26 Å². The molecular formula is C14H16N2O. The fourth-order valence-electron chi connectivity index (χ4n) is 2.62. The molecule has 2 N–H and O–H groups in total. The van der Waals surface area contributed by atoms with Crippen molar-refractivity contribution in [3.05, 3.63) is 42.3 Å². The second-order valence-corrected chi connectivity index (χ2v) is 4.78. The molecule has 1 fully saturated rings. The van der Waals surface area contributed by atoms with Crippen LogP contribution in [0.3, 0.4) is 0 Å². The third-order valence-corrected chi connectivity index (χ3v) is 3.61. The molecule has 0 atom stereocenters. The van der Waals surface area contributed by atoms with E-state index in [1.807, 2.05) is 12.1 Å². The van der Waals surface area contributed by atoms with Crippen molar-refractivity contribution < 1.29 is 4.42 Å². The fourth-order valence-corrected chi connectivity index (χ4v) is 2.62. The average Bonchev–Trinajstić information content (AvgIpc) is 3.01. The van der Waals surface area contributed by atoms with Crippen molar-refractivity contribution in [1.29, 1.82) is 0 Å². The van der Waals surface area contributed by atoms with Crippen LogP contribution in [0.5, 0.6) is 0 Å². The third-order valence-electron chi connectivity index (χ3n) is 3.61. The summed E-state index contributed by atoms with van der Waals surface area (Å²) in [4.78, 5) is 4.17. The Labute approximate surface area is 101 Å². The Kier molecular flexibility index (Phi) is 2.48. The number of nitrogens with zero attached hydrogens (tertiary/aromatic N) is 1. The number of aromatic nitrogens is 1. The molecule has 0 radical (unpaired) electrons. The summed E-state index contributed by atoms with van der Waals surface area (Å²) in [5, 5.41) is 0. The summed E-state index contributed by atoms with van der Waals surface area (Å²) in [5.74, 6) is 0.661. The van der Waals surface area contributed by atoms with Crippen LogP contribution in [0, 0.1) is 0 Å². The van der Waals surface area contributed by atoms with Gasteiger partial charge in [-0.15, -0.1) is 0 Å². The van der Waals surface area contributed by atoms with Crippen molar-refractivity contribution >= 4 is 0 Å². The summed E-state index contributed by atoms with van der Waals surface area (Å²) in [6.45, 7) is 0. The molecule has 1 heterocycles. The summed E-state index contributed by atoms with van der Waals surface area (Å²) in [6.07, 6.45) is 7.84. The molecule has 0 spiro atoms. The van der Waals surface area contributed by atoms with Gasteiger partial charge in [-0.25, -0.2) is 4.98 Å². The van der Waals surface area contributed by atoms with E-state index in [1.165, 1.54) is 18.4 Å². The highest BCUT2D eigenvalue weighted by Crippen LogP contribution is 2.37. The van der Waals surface area contributed by atoms with E-state index in [4.69, 9.17) is 10.2 Å². The number of hydrogen-bond donors (Lipinski definition) is 1. The maximum absolute atomic E-state index is 6.45. The van der Waals surface area contributed by atoms with Crippen molar-refractivity contribution in [1.82, 2.24) is 4.98 Å². The molecule has 3 rings (SSSR count). The Morgan fingerprint density at radius 2 is 2.06 bits per heavy atom. The highest BCUT2D eigenvalue weighted by molar-refractivity contribution is 5.55. The van der Waals surface area contributed by atoms with Gasteiger partial charge in [-0.3, -0.25) is 0 Å². The lowest BCUT2D eigenvalue weighted by Gasteiger charge is -2.24. The largest absolute Gasteiger partial charge is 0.445 e. The molecular weight excluding hydrogens is 212 g/mol. The van der Waals surface area contributed by atoms with Crippen LogP contribution in [0.15, 0.2) is 41.1 Å². The Morgan fingerprint density at radius 1 is 1.24 bits per heavy atom. The van der Waals surface area contributed by atoms with Crippen LogP contribution in [-0.4, -0.2) is 4.98 Å². The van der Waals surface area contributed by atoms with Gasteiger partial charge in [0.15, 0.2) is 0 Å². The molecule has 1 aliphatic rings. The minimum Gasteiger partial charge on any atom is -0.445 e. The number of benzene rings is 1. The van der Waals surface area contributed by atoms with Crippen LogP contribution >= 0.6 is 0 Å². The van der Waals surface area contributed by atoms with Crippen LogP contribution in [-0.2, 0) is 5.54 Å². The Balaban J connectivity index is 1.99. The smallest absolute Gasteiger partial charge is 0.225 e. The quantitative estimate of drug-likeness (QED) is 0.859. The van der Waals surface area contributed by atoms with E-state index < -0.39 is 0 Å². The van der Waals surface area contributed by atoms with Gasteiger partial charge in [-0.05, 0) is 30.5 Å². The van der Waals surface area contributed by atoms with Gasteiger partial charge >= 0.3 is 0 Å². The van der Waals surface area contributed by atoms with E-state index in [1.54, 1.807) is 12.5 Å². The first-order chi connectivity index (χ1) is 8.28. The minimum atomic E-state index is -0.150. The summed E-state index contributed by atoms with van der Waals surface area (Å²) in [6, 6.07) is 8.25. The highest BCUT2D eigenvalue weighted by atomic mass is 16.3. The normalized spacial score (nSPS) is 18.4. The molecule has 2 aromatic rings. The molecule has 0 unspecified atom stereocenters. The molecule has 1 aromatic heterocycles. The Morgan fingerprint density at radius 3 is 2.76 bits per heavy atom. The Bertz CT molecular complexity index is 499. The zero-order valence-corrected chi connectivity index (χ0v) is 9.73. The second kappa shape index (κ2) is 4.00. The van der Waals surface area contributed by atoms with Gasteiger partial charge in [0.05, 0.1) is 6.20 Å². The second-order valence-electron chi connectivity index (χ2n) is 4.78. The summed E-state index contributed by atoms with van der Waals surface area (Å²) in [5.41, 5.74) is 8.51. The van der Waals surface area contributed by atoms with Gasteiger partial charge in [0.25, 0.3) is 0 Å². The average molecular weight is 228 g/mol. The number of nitrogens with two attached hydrogens (primary N) is 1. The van der Waals surface area contributed by atoms with Crippen LogP contribution in [0.1, 0.15) is 31.2 Å². The standard InChI is InChI=1S/C14H16N2O/c15-14(6-1-2-7-14)12-5-3-4-11(10-12)13-16-8-9-17-13/h3-5,8-10H,1-2,6-7,15H2. The summed E-state index contributed by atoms with van der Waals surface area (Å²) in [7, 11) is 0. The number of hydrogen-bond acceptors (Lipinski definition) is 3. The minimum absolute atomic E-state index is 0.150. The summed E-state index contributed by atoms with van der Waals surface area (Å²) >= 11 is 0. The van der Waals surface area contributed by atoms with Crippen LogP contribution in [0.25, 0.3) is 11.5 Å². The van der Waals surface area contributed by atoms with Crippen molar-refractivity contribution in [2.45, 2.75) is 31.2 Å². The zero-order chi connectivity index (χ0) is 11.7. The molecule has 0 amide bonds. The van der Waals surface area contributed by atoms with Crippen molar-refractivity contribution in [2.24, 2.45) is 5.73 Å². The van der Waals surface area contributed by atoms with Crippen molar-refractivity contribution in [2.75, 3.05) is 0 Å². The molecule has 0 saturated heterocycles. The highest BCUT2D eigenvalue weighted by Gasteiger charge is 2.31. The molecule has 0 aliphatic heterocycles. The van der Waals surface area contributed by atoms with Crippen LogP contribution in [0.2, 0.25) is 0 Å². The van der Waals surface area contributed by atoms with Crippen LogP contribution < -0.4 is 5.73 Å². The molecule has 3 nitrogen and oxygen atoms in total. The van der Waals surface area contributed by atoms with E-state index in [-0.39, 0.29) is 5.54 Å². The van der Waals surface area contributed by atoms with E-state index in [0.717, 1.165) is 18.4 Å². The first-order valence-corrected chi connectivity index (χ1v) is 6.07. The lowest BCUT2D eigenvalue weighted by atomic mass is 9.88. The van der Waals surface area contributed by atoms with E-state index >= 15 is 0 Å². The predicted octanol–water partition coefficient (Wildman–Crippen LogP) is 3.07. The maximum atomic E-state index is 6.45. The SMILES string of the molecule is NC1(c2cccc(-c3ncco3)c2)CCCC1. The van der Waals surface area contributed by atoms with E-state index in [0.29, 0.717) is 5.89 Å². The van der Waals surface area contributed by atoms with Gasteiger partial charge in [0.2, 0.25) is 5.89 Å². The summed E-state index contributed by atoms with van der Waals surface area (Å²) < 4.78 is 5.32. The fraction of sp³-hybridized carbons (Fsp3) is 0.357. The first-order valence-electron chi connectivity index (χ1n) is 6.07. The van der Waals surface area contributed by atoms with E-state index in [9.17, 15) is 0 Å². The number of rotatable bonds is 2. The van der Waals surface area contributed by atoms with Gasteiger partial charge < -0.3 is 10.2 Å². The molecule has 17 heavy (non-hydrogen) atoms.